The van der Waals surface area contributed by atoms with Gasteiger partial charge in [0.2, 0.25) is 0 Å². The number of amides is 3. The minimum atomic E-state index is -1.33. The van der Waals surface area contributed by atoms with Crippen molar-refractivity contribution in [2.24, 2.45) is 0 Å². The Morgan fingerprint density at radius 2 is 1.27 bits per heavy atom. The molecule has 1 aliphatic heterocycles. The Morgan fingerprint density at radius 1 is 0.767 bits per heavy atom. The van der Waals surface area contributed by atoms with Gasteiger partial charge in [0.1, 0.15) is 11.5 Å². The van der Waals surface area contributed by atoms with Crippen LogP contribution in [0.25, 0.3) is 0 Å². The zero-order chi connectivity index (χ0) is 21.1. The number of ether oxygens (including phenoxy) is 2. The second-order valence-electron chi connectivity index (χ2n) is 7.01. The lowest BCUT2D eigenvalue weighted by Crippen LogP contribution is -2.45. The number of hydrogen-bond acceptors (Lipinski definition) is 4. The molecule has 0 saturated carbocycles. The molecule has 0 spiro atoms. The maximum Gasteiger partial charge on any atom is 0.325 e. The molecule has 152 valence electrons. The van der Waals surface area contributed by atoms with Gasteiger partial charge in [-0.05, 0) is 41.0 Å². The molecule has 1 N–H and O–H groups in total. The molecule has 3 aromatic carbocycles. The summed E-state index contributed by atoms with van der Waals surface area (Å²) in [5.74, 6) is 1.01. The average Bonchev–Trinajstić information content (AvgIpc) is 3.05. The highest BCUT2D eigenvalue weighted by Gasteiger charge is 2.53. The van der Waals surface area contributed by atoms with Crippen LogP contribution in [0.15, 0.2) is 78.9 Å². The Kier molecular flexibility index (Phi) is 5.14. The van der Waals surface area contributed by atoms with E-state index < -0.39 is 11.6 Å². The van der Waals surface area contributed by atoms with Crippen LogP contribution in [0.4, 0.5) is 4.79 Å². The van der Waals surface area contributed by atoms with Gasteiger partial charge in [-0.2, -0.15) is 0 Å². The van der Waals surface area contributed by atoms with Gasteiger partial charge in [-0.15, -0.1) is 0 Å². The van der Waals surface area contributed by atoms with E-state index in [-0.39, 0.29) is 12.5 Å². The Hall–Kier alpha value is -3.80. The minimum Gasteiger partial charge on any atom is -0.497 e. The Bertz CT molecular complexity index is 999. The highest BCUT2D eigenvalue weighted by Crippen LogP contribution is 2.38. The molecule has 3 amide bonds. The summed E-state index contributed by atoms with van der Waals surface area (Å²) in [6.07, 6.45) is 0. The summed E-state index contributed by atoms with van der Waals surface area (Å²) in [5, 5.41) is 2.95. The number of methoxy groups -OCH3 is 2. The number of rotatable bonds is 6. The molecule has 0 aliphatic carbocycles. The van der Waals surface area contributed by atoms with Gasteiger partial charge in [-0.25, -0.2) is 4.79 Å². The molecule has 3 aromatic rings. The van der Waals surface area contributed by atoms with Crippen molar-refractivity contribution < 1.29 is 19.1 Å². The maximum absolute atomic E-state index is 13.7. The van der Waals surface area contributed by atoms with E-state index in [4.69, 9.17) is 9.47 Å². The van der Waals surface area contributed by atoms with Gasteiger partial charge in [0.15, 0.2) is 5.54 Å². The van der Waals surface area contributed by atoms with Crippen LogP contribution in [-0.2, 0) is 16.9 Å². The predicted octanol–water partition coefficient (Wildman–Crippen LogP) is 3.70. The van der Waals surface area contributed by atoms with E-state index in [0.29, 0.717) is 22.6 Å². The monoisotopic (exact) mass is 402 g/mol. The van der Waals surface area contributed by atoms with E-state index >= 15 is 0 Å². The van der Waals surface area contributed by atoms with Crippen molar-refractivity contribution in [3.8, 4) is 11.5 Å². The first-order valence-electron chi connectivity index (χ1n) is 9.55. The topological polar surface area (TPSA) is 67.9 Å². The van der Waals surface area contributed by atoms with E-state index in [1.54, 1.807) is 62.8 Å². The number of benzene rings is 3. The molecule has 4 rings (SSSR count). The SMILES string of the molecule is COc1ccc(C2(c3ccc(OC)cc3)NC(=O)N(Cc3ccccc3)C2=O)cc1. The van der Waals surface area contributed by atoms with E-state index in [2.05, 4.69) is 5.32 Å². The third-order valence-corrected chi connectivity index (χ3v) is 5.34. The summed E-state index contributed by atoms with van der Waals surface area (Å²) in [6.45, 7) is 0.194. The molecule has 0 radical (unpaired) electrons. The van der Waals surface area contributed by atoms with Crippen LogP contribution in [0.1, 0.15) is 16.7 Å². The van der Waals surface area contributed by atoms with Crippen LogP contribution < -0.4 is 14.8 Å². The molecule has 6 heteroatoms. The Morgan fingerprint density at radius 3 is 1.73 bits per heavy atom. The van der Waals surface area contributed by atoms with Gasteiger partial charge in [-0.3, -0.25) is 9.69 Å². The quantitative estimate of drug-likeness (QED) is 0.639. The minimum absolute atomic E-state index is 0.194. The van der Waals surface area contributed by atoms with Gasteiger partial charge in [0.25, 0.3) is 5.91 Å². The molecule has 0 aromatic heterocycles. The van der Waals surface area contributed by atoms with Crippen molar-refractivity contribution in [3.63, 3.8) is 0 Å². The highest BCUT2D eigenvalue weighted by molar-refractivity contribution is 6.09. The van der Waals surface area contributed by atoms with Crippen molar-refractivity contribution in [2.75, 3.05) is 14.2 Å². The predicted molar refractivity (Wildman–Crippen MR) is 112 cm³/mol. The molecular weight excluding hydrogens is 380 g/mol. The van der Waals surface area contributed by atoms with Gasteiger partial charge >= 0.3 is 6.03 Å². The first-order valence-corrected chi connectivity index (χ1v) is 9.55. The van der Waals surface area contributed by atoms with E-state index in [9.17, 15) is 9.59 Å². The molecule has 1 fully saturated rings. The van der Waals surface area contributed by atoms with Crippen molar-refractivity contribution in [3.05, 3.63) is 95.6 Å². The van der Waals surface area contributed by atoms with Crippen LogP contribution in [0.2, 0.25) is 0 Å². The zero-order valence-electron chi connectivity index (χ0n) is 16.8. The molecule has 1 saturated heterocycles. The van der Waals surface area contributed by atoms with E-state index in [1.165, 1.54) is 4.90 Å². The zero-order valence-corrected chi connectivity index (χ0v) is 16.8. The summed E-state index contributed by atoms with van der Waals surface area (Å²) in [7, 11) is 3.16. The van der Waals surface area contributed by atoms with Crippen LogP contribution in [0.5, 0.6) is 11.5 Å². The lowest BCUT2D eigenvalue weighted by atomic mass is 9.82. The number of imide groups is 1. The van der Waals surface area contributed by atoms with Gasteiger partial charge in [0.05, 0.1) is 20.8 Å². The number of hydrogen-bond donors (Lipinski definition) is 1. The number of nitrogens with zero attached hydrogens (tertiary/aromatic N) is 1. The lowest BCUT2D eigenvalue weighted by molar-refractivity contribution is -0.130. The molecule has 1 heterocycles. The molecule has 1 aliphatic rings. The first-order chi connectivity index (χ1) is 14.6. The number of urea groups is 1. The second kappa shape index (κ2) is 7.91. The summed E-state index contributed by atoms with van der Waals surface area (Å²) >= 11 is 0. The number of carbonyl (C=O) groups is 2. The molecule has 6 nitrogen and oxygen atoms in total. The molecule has 0 atom stereocenters. The van der Waals surface area contributed by atoms with Gasteiger partial charge in [-0.1, -0.05) is 54.6 Å². The number of carbonyl (C=O) groups excluding carboxylic acids is 2. The van der Waals surface area contributed by atoms with Crippen LogP contribution in [0.3, 0.4) is 0 Å². The fraction of sp³-hybridized carbons (Fsp3) is 0.167. The van der Waals surface area contributed by atoms with Crippen molar-refractivity contribution >= 4 is 11.9 Å². The molecule has 0 bridgehead atoms. The molecule has 0 unspecified atom stereocenters. The fourth-order valence-electron chi connectivity index (χ4n) is 3.73. The normalized spacial score (nSPS) is 15.1. The third-order valence-electron chi connectivity index (χ3n) is 5.34. The van der Waals surface area contributed by atoms with E-state index in [1.807, 2.05) is 30.3 Å². The first kappa shape index (κ1) is 19.5. The Balaban J connectivity index is 1.80. The standard InChI is InChI=1S/C24H22N2O4/c1-29-20-12-8-18(9-13-20)24(19-10-14-21(30-2)15-11-19)22(27)26(23(28)25-24)16-17-6-4-3-5-7-17/h3-15H,16H2,1-2H3,(H,25,28). The smallest absolute Gasteiger partial charge is 0.325 e. The van der Waals surface area contributed by atoms with Crippen molar-refractivity contribution in [1.29, 1.82) is 0 Å². The fourth-order valence-corrected chi connectivity index (χ4v) is 3.73. The third kappa shape index (κ3) is 3.26. The van der Waals surface area contributed by atoms with Crippen molar-refractivity contribution in [2.45, 2.75) is 12.1 Å². The maximum atomic E-state index is 13.7. The van der Waals surface area contributed by atoms with Gasteiger partial charge < -0.3 is 14.8 Å². The van der Waals surface area contributed by atoms with E-state index in [0.717, 1.165) is 5.56 Å². The average molecular weight is 402 g/mol. The highest BCUT2D eigenvalue weighted by atomic mass is 16.5. The number of nitrogens with one attached hydrogen (secondary N) is 1. The van der Waals surface area contributed by atoms with Crippen LogP contribution in [-0.4, -0.2) is 31.1 Å². The van der Waals surface area contributed by atoms with Crippen molar-refractivity contribution in [1.82, 2.24) is 10.2 Å². The van der Waals surface area contributed by atoms with Gasteiger partial charge in [0, 0.05) is 0 Å². The van der Waals surface area contributed by atoms with Crippen LogP contribution in [0, 0.1) is 0 Å². The second-order valence-corrected chi connectivity index (χ2v) is 7.01. The summed E-state index contributed by atoms with van der Waals surface area (Å²) in [6, 6.07) is 23.3. The molecule has 30 heavy (non-hydrogen) atoms. The largest absolute Gasteiger partial charge is 0.497 e. The summed E-state index contributed by atoms with van der Waals surface area (Å²) < 4.78 is 10.5. The Labute approximate surface area is 175 Å². The summed E-state index contributed by atoms with van der Waals surface area (Å²) in [5.41, 5.74) is 0.857. The summed E-state index contributed by atoms with van der Waals surface area (Å²) in [4.78, 5) is 27.9. The lowest BCUT2D eigenvalue weighted by Gasteiger charge is -2.28. The molecular formula is C24H22N2O4. The van der Waals surface area contributed by atoms with Crippen LogP contribution >= 0.6 is 0 Å².